The molecule has 0 radical (unpaired) electrons. The van der Waals surface area contributed by atoms with Gasteiger partial charge in [-0.25, -0.2) is 0 Å². The average Bonchev–Trinajstić information content (AvgIpc) is 3.09. The van der Waals surface area contributed by atoms with Gasteiger partial charge >= 0.3 is 0 Å². The van der Waals surface area contributed by atoms with E-state index in [1.54, 1.807) is 14.2 Å². The van der Waals surface area contributed by atoms with Gasteiger partial charge < -0.3 is 25.0 Å². The Balaban J connectivity index is 0.00000208. The average molecular weight is 446 g/mol. The summed E-state index contributed by atoms with van der Waals surface area (Å²) in [4.78, 5) is 6.86. The minimum atomic E-state index is 0. The van der Waals surface area contributed by atoms with Crippen molar-refractivity contribution in [2.75, 3.05) is 51.8 Å². The highest BCUT2D eigenvalue weighted by Gasteiger charge is 2.23. The number of hydrogen-bond donors (Lipinski definition) is 2. The largest absolute Gasteiger partial charge is 0.497 e. The summed E-state index contributed by atoms with van der Waals surface area (Å²) in [6, 6.07) is 6.06. The van der Waals surface area contributed by atoms with E-state index in [1.807, 2.05) is 6.07 Å². The van der Waals surface area contributed by atoms with Crippen molar-refractivity contribution in [3.63, 3.8) is 0 Å². The highest BCUT2D eigenvalue weighted by molar-refractivity contribution is 14.0. The molecule has 2 aliphatic heterocycles. The number of nitrogens with one attached hydrogen (secondary N) is 2. The zero-order valence-electron chi connectivity index (χ0n) is 14.4. The van der Waals surface area contributed by atoms with E-state index in [0.29, 0.717) is 5.92 Å². The van der Waals surface area contributed by atoms with E-state index in [4.69, 9.17) is 9.47 Å². The summed E-state index contributed by atoms with van der Waals surface area (Å²) in [7, 11) is 3.38. The number of ether oxygens (including phenoxy) is 2. The van der Waals surface area contributed by atoms with Gasteiger partial charge in [0.25, 0.3) is 0 Å². The zero-order valence-corrected chi connectivity index (χ0v) is 16.7. The first-order valence-electron chi connectivity index (χ1n) is 8.28. The van der Waals surface area contributed by atoms with E-state index < -0.39 is 0 Å². The van der Waals surface area contributed by atoms with Crippen LogP contribution in [0.1, 0.15) is 12.8 Å². The minimum Gasteiger partial charge on any atom is -0.497 e. The van der Waals surface area contributed by atoms with Crippen LogP contribution in [-0.2, 0) is 0 Å². The lowest BCUT2D eigenvalue weighted by Gasteiger charge is -2.21. The molecular weight excluding hydrogens is 419 g/mol. The lowest BCUT2D eigenvalue weighted by atomic mass is 10.1. The van der Waals surface area contributed by atoms with Gasteiger partial charge in [0.2, 0.25) is 0 Å². The molecule has 1 fully saturated rings. The highest BCUT2D eigenvalue weighted by Crippen LogP contribution is 2.31. The summed E-state index contributed by atoms with van der Waals surface area (Å²) < 4.78 is 10.7. The molecule has 0 aromatic heterocycles. The maximum Gasteiger partial charge on any atom is 0.191 e. The molecular formula is C17H27IN4O2. The van der Waals surface area contributed by atoms with E-state index in [9.17, 15) is 0 Å². The fourth-order valence-corrected chi connectivity index (χ4v) is 3.10. The molecule has 6 nitrogen and oxygen atoms in total. The van der Waals surface area contributed by atoms with Gasteiger partial charge in [0.15, 0.2) is 5.96 Å². The summed E-state index contributed by atoms with van der Waals surface area (Å²) in [6.07, 6.45) is 2.31. The van der Waals surface area contributed by atoms with Crippen molar-refractivity contribution in [3.8, 4) is 11.5 Å². The fourth-order valence-electron chi connectivity index (χ4n) is 3.10. The van der Waals surface area contributed by atoms with E-state index >= 15 is 0 Å². The molecule has 1 unspecified atom stereocenters. The molecule has 134 valence electrons. The molecule has 24 heavy (non-hydrogen) atoms. The molecule has 2 heterocycles. The number of rotatable bonds is 5. The normalized spacial score (nSPS) is 19.8. The maximum absolute atomic E-state index is 5.37. The van der Waals surface area contributed by atoms with Crippen LogP contribution < -0.4 is 25.0 Å². The highest BCUT2D eigenvalue weighted by atomic mass is 127. The zero-order chi connectivity index (χ0) is 16.1. The van der Waals surface area contributed by atoms with E-state index in [1.165, 1.54) is 6.42 Å². The second kappa shape index (κ2) is 9.19. The van der Waals surface area contributed by atoms with Gasteiger partial charge in [0.1, 0.15) is 11.5 Å². The van der Waals surface area contributed by atoms with Crippen LogP contribution in [0.5, 0.6) is 11.5 Å². The number of hydrogen-bond acceptors (Lipinski definition) is 6. The summed E-state index contributed by atoms with van der Waals surface area (Å²) in [5.74, 6) is 3.25. The molecule has 0 spiro atoms. The van der Waals surface area contributed by atoms with Crippen LogP contribution in [0, 0.1) is 5.92 Å². The van der Waals surface area contributed by atoms with Crippen molar-refractivity contribution in [1.29, 1.82) is 0 Å². The number of guanidine groups is 1. The molecule has 2 aliphatic rings. The SMILES string of the molecule is COc1cc(OC)cc(N2CCC(CNC3=NCCCN3)C2)c1.I. The number of methoxy groups -OCH3 is 2. The summed E-state index contributed by atoms with van der Waals surface area (Å²) in [5, 5.41) is 6.75. The molecule has 0 amide bonds. The van der Waals surface area contributed by atoms with Crippen molar-refractivity contribution in [2.45, 2.75) is 12.8 Å². The third-order valence-corrected chi connectivity index (χ3v) is 4.44. The molecule has 1 aromatic rings. The van der Waals surface area contributed by atoms with E-state index in [0.717, 1.165) is 62.3 Å². The number of anilines is 1. The monoisotopic (exact) mass is 446 g/mol. The van der Waals surface area contributed by atoms with Gasteiger partial charge in [-0.3, -0.25) is 4.99 Å². The van der Waals surface area contributed by atoms with Crippen molar-refractivity contribution < 1.29 is 9.47 Å². The molecule has 1 saturated heterocycles. The van der Waals surface area contributed by atoms with Crippen molar-refractivity contribution >= 4 is 35.6 Å². The molecule has 0 saturated carbocycles. The van der Waals surface area contributed by atoms with Gasteiger partial charge in [-0.2, -0.15) is 0 Å². The number of halogens is 1. The van der Waals surface area contributed by atoms with Crippen molar-refractivity contribution in [3.05, 3.63) is 18.2 Å². The quantitative estimate of drug-likeness (QED) is 0.679. The molecule has 1 aromatic carbocycles. The van der Waals surface area contributed by atoms with Crippen molar-refractivity contribution in [2.24, 2.45) is 10.9 Å². The Kier molecular flexibility index (Phi) is 7.26. The third kappa shape index (κ3) is 4.81. The third-order valence-electron chi connectivity index (χ3n) is 4.44. The van der Waals surface area contributed by atoms with Crippen LogP contribution in [0.3, 0.4) is 0 Å². The van der Waals surface area contributed by atoms with Gasteiger partial charge in [0.05, 0.1) is 14.2 Å². The van der Waals surface area contributed by atoms with E-state index in [-0.39, 0.29) is 24.0 Å². The summed E-state index contributed by atoms with van der Waals surface area (Å²) in [6.45, 7) is 5.00. The van der Waals surface area contributed by atoms with Gasteiger partial charge in [-0.1, -0.05) is 0 Å². The van der Waals surface area contributed by atoms with Crippen LogP contribution in [-0.4, -0.2) is 52.9 Å². The Morgan fingerprint density at radius 2 is 2.00 bits per heavy atom. The standard InChI is InChI=1S/C17H26N4O2.HI/c1-22-15-8-14(9-16(10-15)23-2)21-7-4-13(12-21)11-20-17-18-5-3-6-19-17;/h8-10,13H,3-7,11-12H2,1-2H3,(H2,18,19,20);1H. The Labute approximate surface area is 161 Å². The number of benzene rings is 1. The first-order valence-corrected chi connectivity index (χ1v) is 8.28. The van der Waals surface area contributed by atoms with Crippen LogP contribution in [0.15, 0.2) is 23.2 Å². The van der Waals surface area contributed by atoms with E-state index in [2.05, 4.69) is 32.7 Å². The van der Waals surface area contributed by atoms with Crippen LogP contribution in [0.4, 0.5) is 5.69 Å². The lowest BCUT2D eigenvalue weighted by Crippen LogP contribution is -2.43. The molecule has 3 rings (SSSR count). The smallest absolute Gasteiger partial charge is 0.191 e. The van der Waals surface area contributed by atoms with Gasteiger partial charge in [-0.05, 0) is 18.8 Å². The molecule has 7 heteroatoms. The first kappa shape index (κ1) is 19.0. The fraction of sp³-hybridized carbons (Fsp3) is 0.588. The second-order valence-corrected chi connectivity index (χ2v) is 6.06. The molecule has 1 atom stereocenters. The Bertz CT molecular complexity index is 545. The molecule has 0 aliphatic carbocycles. The summed E-state index contributed by atoms with van der Waals surface area (Å²) >= 11 is 0. The molecule has 2 N–H and O–H groups in total. The van der Waals surface area contributed by atoms with Crippen LogP contribution in [0.25, 0.3) is 0 Å². The Morgan fingerprint density at radius 3 is 2.62 bits per heavy atom. The predicted octanol–water partition coefficient (Wildman–Crippen LogP) is 2.09. The first-order chi connectivity index (χ1) is 11.3. The summed E-state index contributed by atoms with van der Waals surface area (Å²) in [5.41, 5.74) is 1.16. The number of nitrogens with zero attached hydrogens (tertiary/aromatic N) is 2. The second-order valence-electron chi connectivity index (χ2n) is 6.06. The van der Waals surface area contributed by atoms with Gasteiger partial charge in [-0.15, -0.1) is 24.0 Å². The van der Waals surface area contributed by atoms with Crippen LogP contribution in [0.2, 0.25) is 0 Å². The van der Waals surface area contributed by atoms with Crippen LogP contribution >= 0.6 is 24.0 Å². The van der Waals surface area contributed by atoms with Crippen molar-refractivity contribution in [1.82, 2.24) is 10.6 Å². The lowest BCUT2D eigenvalue weighted by molar-refractivity contribution is 0.394. The molecule has 0 bridgehead atoms. The predicted molar refractivity (Wildman–Crippen MR) is 108 cm³/mol. The number of aliphatic imine (C=N–C) groups is 1. The minimum absolute atomic E-state index is 0. The Morgan fingerprint density at radius 1 is 1.25 bits per heavy atom. The topological polar surface area (TPSA) is 58.1 Å². The Hall–Kier alpha value is -1.38. The van der Waals surface area contributed by atoms with Gasteiger partial charge in [0, 0.05) is 56.6 Å². The maximum atomic E-state index is 5.37.